The van der Waals surface area contributed by atoms with E-state index in [9.17, 15) is 13.6 Å². The van der Waals surface area contributed by atoms with Gasteiger partial charge in [-0.3, -0.25) is 14.8 Å². The Morgan fingerprint density at radius 1 is 1.00 bits per heavy atom. The van der Waals surface area contributed by atoms with Crippen LogP contribution in [-0.4, -0.2) is 20.9 Å². The minimum atomic E-state index is -1.04. The van der Waals surface area contributed by atoms with Crippen LogP contribution in [0.25, 0.3) is 11.3 Å². The molecular formula is C17H12F2N4O. The molecule has 0 saturated carbocycles. The van der Waals surface area contributed by atoms with Crippen LogP contribution in [0.1, 0.15) is 15.9 Å². The van der Waals surface area contributed by atoms with Crippen molar-refractivity contribution in [1.82, 2.24) is 15.0 Å². The van der Waals surface area contributed by atoms with E-state index in [0.29, 0.717) is 5.69 Å². The molecule has 24 heavy (non-hydrogen) atoms. The number of hydrogen-bond donors (Lipinski definition) is 1. The van der Waals surface area contributed by atoms with Crippen LogP contribution in [0.4, 0.5) is 14.6 Å². The van der Waals surface area contributed by atoms with Gasteiger partial charge in [0.25, 0.3) is 5.91 Å². The highest BCUT2D eigenvalue weighted by Crippen LogP contribution is 2.21. The molecule has 0 bridgehead atoms. The van der Waals surface area contributed by atoms with E-state index in [0.717, 1.165) is 23.5 Å². The number of pyridine rings is 1. The minimum Gasteiger partial charge on any atom is -0.305 e. The molecule has 0 saturated heterocycles. The summed E-state index contributed by atoms with van der Waals surface area (Å²) < 4.78 is 27.1. The third-order valence-electron chi connectivity index (χ3n) is 3.39. The van der Waals surface area contributed by atoms with E-state index < -0.39 is 23.1 Å². The van der Waals surface area contributed by atoms with Crippen molar-refractivity contribution in [2.75, 3.05) is 5.32 Å². The fourth-order valence-electron chi connectivity index (χ4n) is 2.20. The molecule has 0 aliphatic rings. The van der Waals surface area contributed by atoms with Crippen LogP contribution in [0.5, 0.6) is 0 Å². The number of amides is 1. The van der Waals surface area contributed by atoms with E-state index in [1.165, 1.54) is 12.4 Å². The maximum Gasteiger partial charge on any atom is 0.262 e. The van der Waals surface area contributed by atoms with Crippen molar-refractivity contribution in [3.05, 3.63) is 71.8 Å². The quantitative estimate of drug-likeness (QED) is 0.801. The molecule has 2 aromatic heterocycles. The standard InChI is InChI=1S/C17H12F2N4O/c1-10-4-2-3-5-11(10)14-8-22-15(9-21-14)23-17(24)16-12(18)6-20-7-13(16)19/h2-9H,1H3,(H,22,23,24). The Morgan fingerprint density at radius 3 is 2.33 bits per heavy atom. The van der Waals surface area contributed by atoms with E-state index in [1.54, 1.807) is 0 Å². The molecule has 1 aromatic carbocycles. The summed E-state index contributed by atoms with van der Waals surface area (Å²) in [5.74, 6) is -2.95. The molecule has 0 radical (unpaired) electrons. The Balaban J connectivity index is 1.82. The molecule has 0 spiro atoms. The second-order valence-electron chi connectivity index (χ2n) is 5.03. The fraction of sp³-hybridized carbons (Fsp3) is 0.0588. The SMILES string of the molecule is Cc1ccccc1-c1cnc(NC(=O)c2c(F)cncc2F)cn1. The Hall–Kier alpha value is -3.22. The van der Waals surface area contributed by atoms with Crippen LogP contribution in [0.2, 0.25) is 0 Å². The van der Waals surface area contributed by atoms with Crippen LogP contribution < -0.4 is 5.32 Å². The number of aromatic nitrogens is 3. The van der Waals surface area contributed by atoms with Gasteiger partial charge in [-0.2, -0.15) is 0 Å². The molecule has 1 N–H and O–H groups in total. The van der Waals surface area contributed by atoms with E-state index in [2.05, 4.69) is 20.3 Å². The molecule has 2 heterocycles. The Labute approximate surface area is 136 Å². The van der Waals surface area contributed by atoms with Crippen LogP contribution in [0, 0.1) is 18.6 Å². The summed E-state index contributed by atoms with van der Waals surface area (Å²) >= 11 is 0. The van der Waals surface area contributed by atoms with E-state index in [4.69, 9.17) is 0 Å². The van der Waals surface area contributed by atoms with Gasteiger partial charge in [-0.1, -0.05) is 24.3 Å². The normalized spacial score (nSPS) is 10.5. The summed E-state index contributed by atoms with van der Waals surface area (Å²) in [5, 5.41) is 2.31. The number of rotatable bonds is 3. The Morgan fingerprint density at radius 2 is 1.71 bits per heavy atom. The largest absolute Gasteiger partial charge is 0.305 e. The summed E-state index contributed by atoms with van der Waals surface area (Å²) in [5.41, 5.74) is 1.86. The molecule has 0 fully saturated rings. The van der Waals surface area contributed by atoms with E-state index >= 15 is 0 Å². The zero-order valence-corrected chi connectivity index (χ0v) is 12.6. The maximum atomic E-state index is 13.5. The summed E-state index contributed by atoms with van der Waals surface area (Å²) in [6.45, 7) is 1.95. The number of carbonyl (C=O) groups is 1. The number of carbonyl (C=O) groups excluding carboxylic acids is 1. The van der Waals surface area contributed by atoms with Crippen molar-refractivity contribution in [1.29, 1.82) is 0 Å². The van der Waals surface area contributed by atoms with Gasteiger partial charge in [-0.15, -0.1) is 0 Å². The number of benzene rings is 1. The average molecular weight is 326 g/mol. The van der Waals surface area contributed by atoms with Gasteiger partial charge in [0, 0.05) is 5.56 Å². The van der Waals surface area contributed by atoms with E-state index in [1.807, 2.05) is 31.2 Å². The molecule has 7 heteroatoms. The lowest BCUT2D eigenvalue weighted by Crippen LogP contribution is -2.17. The molecular weight excluding hydrogens is 314 g/mol. The molecule has 5 nitrogen and oxygen atoms in total. The smallest absolute Gasteiger partial charge is 0.262 e. The van der Waals surface area contributed by atoms with Crippen molar-refractivity contribution < 1.29 is 13.6 Å². The second-order valence-corrected chi connectivity index (χ2v) is 5.03. The highest BCUT2D eigenvalue weighted by atomic mass is 19.1. The predicted molar refractivity (Wildman–Crippen MR) is 84.3 cm³/mol. The van der Waals surface area contributed by atoms with Gasteiger partial charge in [-0.05, 0) is 12.5 Å². The van der Waals surface area contributed by atoms with Crippen LogP contribution in [-0.2, 0) is 0 Å². The third-order valence-corrected chi connectivity index (χ3v) is 3.39. The third kappa shape index (κ3) is 3.10. The number of hydrogen-bond acceptors (Lipinski definition) is 4. The molecule has 0 unspecified atom stereocenters. The zero-order chi connectivity index (χ0) is 17.1. The van der Waals surface area contributed by atoms with Crippen molar-refractivity contribution in [3.8, 4) is 11.3 Å². The second kappa shape index (κ2) is 6.49. The predicted octanol–water partition coefficient (Wildman–Crippen LogP) is 3.38. The molecule has 0 aliphatic heterocycles. The van der Waals surface area contributed by atoms with Crippen molar-refractivity contribution in [2.45, 2.75) is 6.92 Å². The van der Waals surface area contributed by atoms with Gasteiger partial charge in [0.15, 0.2) is 17.5 Å². The molecule has 3 aromatic rings. The first-order chi connectivity index (χ1) is 11.6. The number of nitrogens with one attached hydrogen (secondary N) is 1. The summed E-state index contributed by atoms with van der Waals surface area (Å²) in [6.07, 6.45) is 4.35. The van der Waals surface area contributed by atoms with Crippen LogP contribution in [0.15, 0.2) is 49.1 Å². The van der Waals surface area contributed by atoms with Gasteiger partial charge in [0.05, 0.1) is 30.5 Å². The molecule has 0 aliphatic carbocycles. The average Bonchev–Trinajstić information content (AvgIpc) is 2.56. The monoisotopic (exact) mass is 326 g/mol. The zero-order valence-electron chi connectivity index (χ0n) is 12.6. The summed E-state index contributed by atoms with van der Waals surface area (Å²) in [7, 11) is 0. The lowest BCUT2D eigenvalue weighted by atomic mass is 10.1. The van der Waals surface area contributed by atoms with Crippen molar-refractivity contribution in [3.63, 3.8) is 0 Å². The summed E-state index contributed by atoms with van der Waals surface area (Å²) in [6, 6.07) is 7.65. The van der Waals surface area contributed by atoms with Gasteiger partial charge >= 0.3 is 0 Å². The first-order valence-electron chi connectivity index (χ1n) is 7.04. The van der Waals surface area contributed by atoms with Crippen molar-refractivity contribution >= 4 is 11.7 Å². The van der Waals surface area contributed by atoms with Crippen LogP contribution in [0.3, 0.4) is 0 Å². The molecule has 3 rings (SSSR count). The summed E-state index contributed by atoms with van der Waals surface area (Å²) in [4.78, 5) is 23.6. The van der Waals surface area contributed by atoms with Gasteiger partial charge in [0.1, 0.15) is 5.56 Å². The molecule has 1 amide bonds. The number of nitrogens with zero attached hydrogens (tertiary/aromatic N) is 3. The van der Waals surface area contributed by atoms with Gasteiger partial charge < -0.3 is 5.32 Å². The lowest BCUT2D eigenvalue weighted by molar-refractivity contribution is 0.101. The number of halogens is 2. The fourth-order valence-corrected chi connectivity index (χ4v) is 2.20. The number of anilines is 1. The lowest BCUT2D eigenvalue weighted by Gasteiger charge is -2.07. The maximum absolute atomic E-state index is 13.5. The minimum absolute atomic E-state index is 0.0907. The topological polar surface area (TPSA) is 67.8 Å². The molecule has 120 valence electrons. The highest BCUT2D eigenvalue weighted by Gasteiger charge is 2.18. The first-order valence-corrected chi connectivity index (χ1v) is 7.04. The Bertz CT molecular complexity index is 877. The number of aryl methyl sites for hydroxylation is 1. The molecule has 0 atom stereocenters. The van der Waals surface area contributed by atoms with E-state index in [-0.39, 0.29) is 5.82 Å². The van der Waals surface area contributed by atoms with Gasteiger partial charge in [0.2, 0.25) is 0 Å². The first kappa shape index (κ1) is 15.7. The van der Waals surface area contributed by atoms with Crippen molar-refractivity contribution in [2.24, 2.45) is 0 Å². The van der Waals surface area contributed by atoms with Gasteiger partial charge in [-0.25, -0.2) is 13.8 Å². The Kier molecular flexibility index (Phi) is 4.24. The van der Waals surface area contributed by atoms with Crippen LogP contribution >= 0.6 is 0 Å². The highest BCUT2D eigenvalue weighted by molar-refractivity contribution is 6.04.